The monoisotopic (exact) mass is 621 g/mol. The van der Waals surface area contributed by atoms with Crippen LogP contribution in [0.15, 0.2) is 51.2 Å². The van der Waals surface area contributed by atoms with E-state index in [2.05, 4.69) is 5.32 Å². The second kappa shape index (κ2) is 10.3. The Morgan fingerprint density at radius 3 is 2.27 bits per heavy atom. The van der Waals surface area contributed by atoms with Crippen LogP contribution in [0, 0.1) is 5.92 Å². The molecule has 0 saturated heterocycles. The van der Waals surface area contributed by atoms with Crippen LogP contribution < -0.4 is 35.5 Å². The van der Waals surface area contributed by atoms with Gasteiger partial charge in [-0.2, -0.15) is 0 Å². The number of ketones is 2. The Labute approximate surface area is 257 Å². The molecule has 1 aromatic heterocycles. The number of halogens is 1. The topological polar surface area (TPSA) is 127 Å². The summed E-state index contributed by atoms with van der Waals surface area (Å²) in [5.74, 6) is -1.49. The molecule has 0 fully saturated rings. The Bertz CT molecular complexity index is 1910. The first-order valence-corrected chi connectivity index (χ1v) is 14.5. The molecule has 0 saturated carbocycles. The van der Waals surface area contributed by atoms with Crippen LogP contribution in [0.25, 0.3) is 0 Å². The third-order valence-electron chi connectivity index (χ3n) is 8.66. The number of hydrogen-bond acceptors (Lipinski definition) is 9. The minimum atomic E-state index is -1.98. The molecule has 3 heterocycles. The second-order valence-corrected chi connectivity index (χ2v) is 11.9. The predicted molar refractivity (Wildman–Crippen MR) is 163 cm³/mol. The fourth-order valence-electron chi connectivity index (χ4n) is 6.53. The van der Waals surface area contributed by atoms with Crippen molar-refractivity contribution in [3.05, 3.63) is 84.2 Å². The number of aromatic nitrogens is 2. The van der Waals surface area contributed by atoms with Gasteiger partial charge in [-0.1, -0.05) is 30.7 Å². The van der Waals surface area contributed by atoms with Crippen molar-refractivity contribution in [2.24, 2.45) is 20.0 Å². The third-order valence-corrected chi connectivity index (χ3v) is 9.02. The molecule has 3 aliphatic rings. The lowest BCUT2D eigenvalue weighted by Gasteiger charge is -2.42. The molecule has 2 aliphatic heterocycles. The number of carbonyl (C=O) groups excluding carboxylic acids is 2. The summed E-state index contributed by atoms with van der Waals surface area (Å²) in [6.45, 7) is 5.57. The molecule has 11 nitrogen and oxygen atoms in total. The average Bonchev–Trinajstić information content (AvgIpc) is 3.32. The molecule has 230 valence electrons. The SMILES string of the molecule is COc1cc(OC)c2c(c1Cl)O[C@@]1(C(=O)C3=C(C[C@H]1C)Nc1c(c(=O)n(C)c(=O)n1C)C3c1ccc(OC(C)C)cc1)C2=O. The molecule has 6 rings (SSSR count). The van der Waals surface area contributed by atoms with Gasteiger partial charge < -0.3 is 24.3 Å². The largest absolute Gasteiger partial charge is 0.496 e. The first kappa shape index (κ1) is 29.6. The van der Waals surface area contributed by atoms with Crippen molar-refractivity contribution in [2.45, 2.75) is 44.8 Å². The Kier molecular flexibility index (Phi) is 6.92. The van der Waals surface area contributed by atoms with Crippen LogP contribution in [0.3, 0.4) is 0 Å². The van der Waals surface area contributed by atoms with E-state index in [0.29, 0.717) is 17.0 Å². The quantitative estimate of drug-likeness (QED) is 0.421. The number of nitrogens with zero attached hydrogens (tertiary/aromatic N) is 2. The molecule has 3 aromatic rings. The Balaban J connectivity index is 1.58. The lowest BCUT2D eigenvalue weighted by atomic mass is 9.66. The van der Waals surface area contributed by atoms with Gasteiger partial charge in [0.1, 0.15) is 33.7 Å². The lowest BCUT2D eigenvalue weighted by molar-refractivity contribution is -0.130. The van der Waals surface area contributed by atoms with Crippen molar-refractivity contribution >= 4 is 29.0 Å². The molecule has 12 heteroatoms. The summed E-state index contributed by atoms with van der Waals surface area (Å²) in [6.07, 6.45) is 0.138. The summed E-state index contributed by atoms with van der Waals surface area (Å²) in [5, 5.41) is 3.26. The van der Waals surface area contributed by atoms with Crippen molar-refractivity contribution in [1.82, 2.24) is 9.13 Å². The molecule has 2 aromatic carbocycles. The van der Waals surface area contributed by atoms with Gasteiger partial charge in [-0.25, -0.2) is 4.79 Å². The molecule has 1 spiro atoms. The van der Waals surface area contributed by atoms with Crippen molar-refractivity contribution in [3.63, 3.8) is 0 Å². The third kappa shape index (κ3) is 3.94. The number of Topliss-reactive ketones (excluding diaryl/α,β-unsaturated/α-hetero) is 2. The number of rotatable bonds is 5. The zero-order chi connectivity index (χ0) is 31.8. The van der Waals surface area contributed by atoms with Crippen LogP contribution in [-0.4, -0.2) is 46.6 Å². The molecule has 1 aliphatic carbocycles. The molecule has 1 unspecified atom stereocenters. The number of methoxy groups -OCH3 is 2. The number of allylic oxidation sites excluding steroid dienone is 1. The fourth-order valence-corrected chi connectivity index (χ4v) is 6.80. The number of anilines is 1. The van der Waals surface area contributed by atoms with Gasteiger partial charge in [-0.15, -0.1) is 0 Å². The van der Waals surface area contributed by atoms with Gasteiger partial charge in [0.25, 0.3) is 5.56 Å². The summed E-state index contributed by atoms with van der Waals surface area (Å²) in [4.78, 5) is 56.0. The van der Waals surface area contributed by atoms with Gasteiger partial charge in [-0.05, 0) is 38.0 Å². The van der Waals surface area contributed by atoms with Crippen molar-refractivity contribution < 1.29 is 28.5 Å². The highest BCUT2D eigenvalue weighted by Crippen LogP contribution is 2.56. The van der Waals surface area contributed by atoms with Crippen LogP contribution in [-0.2, 0) is 18.9 Å². The zero-order valence-electron chi connectivity index (χ0n) is 25.4. The summed E-state index contributed by atoms with van der Waals surface area (Å²) < 4.78 is 25.4. The summed E-state index contributed by atoms with van der Waals surface area (Å²) in [5.41, 5.74) is -1.50. The molecule has 0 bridgehead atoms. The first-order chi connectivity index (χ1) is 20.9. The van der Waals surface area contributed by atoms with E-state index in [1.54, 1.807) is 38.2 Å². The maximum atomic E-state index is 14.9. The lowest BCUT2D eigenvalue weighted by Crippen LogP contribution is -2.58. The van der Waals surface area contributed by atoms with E-state index in [-0.39, 0.29) is 57.3 Å². The molecular weight excluding hydrogens is 590 g/mol. The van der Waals surface area contributed by atoms with E-state index in [1.165, 1.54) is 31.9 Å². The summed E-state index contributed by atoms with van der Waals surface area (Å²) in [7, 11) is 5.78. The van der Waals surface area contributed by atoms with Gasteiger partial charge in [-0.3, -0.25) is 23.5 Å². The number of carbonyl (C=O) groups is 2. The van der Waals surface area contributed by atoms with Gasteiger partial charge in [0.05, 0.1) is 25.9 Å². The van der Waals surface area contributed by atoms with Gasteiger partial charge in [0.15, 0.2) is 5.75 Å². The Morgan fingerprint density at radius 1 is 1.00 bits per heavy atom. The Morgan fingerprint density at radius 2 is 1.66 bits per heavy atom. The van der Waals surface area contributed by atoms with E-state index < -0.39 is 40.3 Å². The molecular formula is C32H32ClN3O8. The number of ether oxygens (including phenoxy) is 4. The van der Waals surface area contributed by atoms with Gasteiger partial charge in [0, 0.05) is 43.3 Å². The normalized spacial score (nSPS) is 21.9. The molecule has 44 heavy (non-hydrogen) atoms. The van der Waals surface area contributed by atoms with Crippen LogP contribution >= 0.6 is 11.6 Å². The zero-order valence-corrected chi connectivity index (χ0v) is 26.1. The smallest absolute Gasteiger partial charge is 0.332 e. The number of hydrogen-bond donors (Lipinski definition) is 1. The summed E-state index contributed by atoms with van der Waals surface area (Å²) >= 11 is 6.61. The first-order valence-electron chi connectivity index (χ1n) is 14.2. The van der Waals surface area contributed by atoms with Crippen LogP contribution in [0.5, 0.6) is 23.0 Å². The molecule has 0 amide bonds. The molecule has 3 atom stereocenters. The molecule has 1 N–H and O–H groups in total. The number of benzene rings is 2. The minimum Gasteiger partial charge on any atom is -0.496 e. The fraction of sp³-hybridized carbons (Fsp3) is 0.375. The highest BCUT2D eigenvalue weighted by molar-refractivity contribution is 6.36. The van der Waals surface area contributed by atoms with Crippen molar-refractivity contribution in [1.29, 1.82) is 0 Å². The van der Waals surface area contributed by atoms with E-state index in [9.17, 15) is 19.2 Å². The summed E-state index contributed by atoms with van der Waals surface area (Å²) in [6, 6.07) is 8.57. The van der Waals surface area contributed by atoms with E-state index in [0.717, 1.165) is 4.57 Å². The van der Waals surface area contributed by atoms with E-state index in [4.69, 9.17) is 30.5 Å². The van der Waals surface area contributed by atoms with Gasteiger partial charge in [0.2, 0.25) is 17.2 Å². The van der Waals surface area contributed by atoms with Crippen LogP contribution in [0.4, 0.5) is 5.82 Å². The number of nitrogens with one attached hydrogen (secondary N) is 1. The number of fused-ring (bicyclic) bond motifs is 2. The standard InChI is InChI=1S/C32H32ClN3O8/c1-14(2)43-17-10-8-16(9-11-17)21-22-18(34-29-24(21)30(39)36(5)31(40)35(29)4)12-15(3)32(27(22)37)28(38)23-19(41-6)13-20(42-7)25(33)26(23)44-32/h8-11,13-15,21,34H,12H2,1-7H3/t15-,21?,32+/m1/s1. The Hall–Kier alpha value is -4.51. The minimum absolute atomic E-state index is 0.00586. The highest BCUT2D eigenvalue weighted by Gasteiger charge is 2.63. The second-order valence-electron chi connectivity index (χ2n) is 11.6. The highest BCUT2D eigenvalue weighted by atomic mass is 35.5. The average molecular weight is 622 g/mol. The van der Waals surface area contributed by atoms with Crippen molar-refractivity contribution in [3.8, 4) is 23.0 Å². The van der Waals surface area contributed by atoms with Crippen LogP contribution in [0.1, 0.15) is 54.6 Å². The maximum absolute atomic E-state index is 14.9. The maximum Gasteiger partial charge on any atom is 0.332 e. The van der Waals surface area contributed by atoms with E-state index >= 15 is 0 Å². The van der Waals surface area contributed by atoms with Crippen molar-refractivity contribution in [2.75, 3.05) is 19.5 Å². The van der Waals surface area contributed by atoms with Crippen LogP contribution in [0.2, 0.25) is 5.02 Å². The molecule has 0 radical (unpaired) electrons. The van der Waals surface area contributed by atoms with E-state index in [1.807, 2.05) is 13.8 Å². The van der Waals surface area contributed by atoms with Gasteiger partial charge >= 0.3 is 5.69 Å². The predicted octanol–water partition coefficient (Wildman–Crippen LogP) is 3.98.